The molecule has 0 aliphatic carbocycles. The van der Waals surface area contributed by atoms with Crippen LogP contribution in [0.2, 0.25) is 0 Å². The van der Waals surface area contributed by atoms with Crippen molar-refractivity contribution >= 4 is 22.4 Å². The van der Waals surface area contributed by atoms with Crippen LogP contribution in [0.1, 0.15) is 31.9 Å². The van der Waals surface area contributed by atoms with Crippen LogP contribution in [0, 0.1) is 0 Å². The van der Waals surface area contributed by atoms with Gasteiger partial charge in [-0.3, -0.25) is 14.7 Å². The van der Waals surface area contributed by atoms with E-state index in [2.05, 4.69) is 44.2 Å². The van der Waals surface area contributed by atoms with Crippen LogP contribution in [0.4, 0.5) is 5.13 Å². The second-order valence-corrected chi connectivity index (χ2v) is 8.26. The molecular formula is C20H24N6O3S. The lowest BCUT2D eigenvalue weighted by molar-refractivity contribution is -0.116. The van der Waals surface area contributed by atoms with Gasteiger partial charge in [0.05, 0.1) is 17.9 Å². The number of ether oxygens (including phenoxy) is 1. The minimum atomic E-state index is -0.134. The maximum Gasteiger partial charge on any atom is 0.227 e. The molecule has 0 bridgehead atoms. The van der Waals surface area contributed by atoms with E-state index in [0.29, 0.717) is 23.3 Å². The highest BCUT2D eigenvalue weighted by atomic mass is 32.1. The molecule has 1 N–H and O–H groups in total. The first-order chi connectivity index (χ1) is 14.5. The summed E-state index contributed by atoms with van der Waals surface area (Å²) >= 11 is 1.43. The third-order valence-corrected chi connectivity index (χ3v) is 5.44. The average Bonchev–Trinajstić information content (AvgIpc) is 3.36. The summed E-state index contributed by atoms with van der Waals surface area (Å²) in [5.41, 5.74) is 1.73. The molecule has 1 amide bonds. The molecule has 1 aliphatic heterocycles. The van der Waals surface area contributed by atoms with Crippen molar-refractivity contribution in [3.63, 3.8) is 0 Å². The zero-order valence-electron chi connectivity index (χ0n) is 16.9. The molecule has 3 aromatic heterocycles. The molecule has 1 fully saturated rings. The Balaban J connectivity index is 1.25. The number of amides is 1. The Morgan fingerprint density at radius 3 is 2.90 bits per heavy atom. The quantitative estimate of drug-likeness (QED) is 0.612. The van der Waals surface area contributed by atoms with Crippen molar-refractivity contribution in [3.05, 3.63) is 41.5 Å². The summed E-state index contributed by atoms with van der Waals surface area (Å²) < 4.78 is 11.0. The smallest absolute Gasteiger partial charge is 0.227 e. The monoisotopic (exact) mass is 428 g/mol. The number of morpholine rings is 1. The van der Waals surface area contributed by atoms with Gasteiger partial charge in [-0.1, -0.05) is 5.16 Å². The second-order valence-electron chi connectivity index (χ2n) is 7.40. The lowest BCUT2D eigenvalue weighted by Crippen LogP contribution is -2.44. The van der Waals surface area contributed by atoms with Crippen molar-refractivity contribution < 1.29 is 14.1 Å². The van der Waals surface area contributed by atoms with Gasteiger partial charge in [0.1, 0.15) is 0 Å². The van der Waals surface area contributed by atoms with Gasteiger partial charge in [-0.2, -0.15) is 4.98 Å². The topological polar surface area (TPSA) is 106 Å². The number of hydrogen-bond acceptors (Lipinski definition) is 9. The van der Waals surface area contributed by atoms with Crippen LogP contribution >= 0.6 is 11.3 Å². The molecule has 10 heteroatoms. The maximum absolute atomic E-state index is 12.3. The van der Waals surface area contributed by atoms with Crippen LogP contribution in [-0.2, 0) is 22.5 Å². The van der Waals surface area contributed by atoms with E-state index >= 15 is 0 Å². The first-order valence-corrected chi connectivity index (χ1v) is 10.8. The third kappa shape index (κ3) is 5.47. The van der Waals surface area contributed by atoms with Crippen LogP contribution < -0.4 is 5.32 Å². The van der Waals surface area contributed by atoms with E-state index in [1.54, 1.807) is 18.5 Å². The number of nitrogens with one attached hydrogen (secondary N) is 1. The van der Waals surface area contributed by atoms with Gasteiger partial charge in [0.15, 0.2) is 5.13 Å². The number of carbonyl (C=O) groups is 1. The highest BCUT2D eigenvalue weighted by molar-refractivity contribution is 7.13. The normalized spacial score (nSPS) is 19.7. The number of rotatable bonds is 7. The number of carbonyl (C=O) groups excluding carboxylic acids is 1. The largest absolute Gasteiger partial charge is 0.373 e. The summed E-state index contributed by atoms with van der Waals surface area (Å²) in [6.45, 7) is 6.68. The molecule has 0 aromatic carbocycles. The number of aryl methyl sites for hydroxylation is 1. The molecule has 0 spiro atoms. The van der Waals surface area contributed by atoms with Gasteiger partial charge in [-0.25, -0.2) is 4.98 Å². The Bertz CT molecular complexity index is 966. The summed E-state index contributed by atoms with van der Waals surface area (Å²) in [6.07, 6.45) is 4.38. The summed E-state index contributed by atoms with van der Waals surface area (Å²) in [4.78, 5) is 27.5. The molecule has 4 heterocycles. The summed E-state index contributed by atoms with van der Waals surface area (Å²) in [6, 6.07) is 3.66. The molecule has 2 unspecified atom stereocenters. The second kappa shape index (κ2) is 9.41. The van der Waals surface area contributed by atoms with E-state index < -0.39 is 0 Å². The van der Waals surface area contributed by atoms with Gasteiger partial charge in [-0.05, 0) is 26.0 Å². The highest BCUT2D eigenvalue weighted by Gasteiger charge is 2.23. The Hall–Kier alpha value is -2.69. The number of anilines is 1. The fourth-order valence-electron chi connectivity index (χ4n) is 3.45. The van der Waals surface area contributed by atoms with Crippen LogP contribution in [-0.4, -0.2) is 56.2 Å². The minimum Gasteiger partial charge on any atom is -0.373 e. The predicted octanol–water partition coefficient (Wildman–Crippen LogP) is 2.77. The molecule has 2 atom stereocenters. The molecule has 158 valence electrons. The van der Waals surface area contributed by atoms with E-state index in [9.17, 15) is 4.79 Å². The lowest BCUT2D eigenvalue weighted by Gasteiger charge is -2.34. The number of pyridine rings is 1. The van der Waals surface area contributed by atoms with Crippen LogP contribution in [0.3, 0.4) is 0 Å². The molecule has 1 saturated heterocycles. The first-order valence-electron chi connectivity index (χ1n) is 9.90. The Morgan fingerprint density at radius 1 is 1.30 bits per heavy atom. The predicted molar refractivity (Wildman–Crippen MR) is 112 cm³/mol. The molecule has 9 nitrogen and oxygen atoms in total. The summed E-state index contributed by atoms with van der Waals surface area (Å²) in [7, 11) is 0. The number of thiazole rings is 1. The first kappa shape index (κ1) is 20.6. The van der Waals surface area contributed by atoms with E-state index in [1.165, 1.54) is 11.3 Å². The van der Waals surface area contributed by atoms with Crippen LogP contribution in [0.5, 0.6) is 0 Å². The Kier molecular flexibility index (Phi) is 6.46. The molecule has 4 rings (SSSR count). The average molecular weight is 429 g/mol. The maximum atomic E-state index is 12.3. The minimum absolute atomic E-state index is 0.134. The van der Waals surface area contributed by atoms with Crippen molar-refractivity contribution in [3.8, 4) is 11.4 Å². The molecular weight excluding hydrogens is 404 g/mol. The van der Waals surface area contributed by atoms with Crippen molar-refractivity contribution in [2.45, 2.75) is 45.4 Å². The standard InChI is InChI=1S/C20H24N6O3S/c1-13-9-26(10-14(2)28-13)11-16-12-30-20(22-16)23-17(27)5-6-18-24-19(25-29-18)15-4-3-7-21-8-15/h3-4,7-8,12-14H,5-6,9-11H2,1-2H3,(H,22,23,27). The lowest BCUT2D eigenvalue weighted by atomic mass is 10.2. The highest BCUT2D eigenvalue weighted by Crippen LogP contribution is 2.20. The summed E-state index contributed by atoms with van der Waals surface area (Å²) in [5, 5.41) is 9.37. The SMILES string of the molecule is CC1CN(Cc2csc(NC(=O)CCc3nc(-c4cccnc4)no3)n2)CC(C)O1. The van der Waals surface area contributed by atoms with Gasteiger partial charge in [0.25, 0.3) is 0 Å². The van der Waals surface area contributed by atoms with Gasteiger partial charge in [-0.15, -0.1) is 11.3 Å². The summed E-state index contributed by atoms with van der Waals surface area (Å²) in [5.74, 6) is 0.750. The molecule has 3 aromatic rings. The Labute approximate surface area is 178 Å². The van der Waals surface area contributed by atoms with Crippen molar-refractivity contribution in [1.82, 2.24) is 25.0 Å². The van der Waals surface area contributed by atoms with E-state index in [1.807, 2.05) is 11.4 Å². The molecule has 30 heavy (non-hydrogen) atoms. The fraction of sp³-hybridized carbons (Fsp3) is 0.450. The van der Waals surface area contributed by atoms with Gasteiger partial charge < -0.3 is 14.6 Å². The molecule has 0 saturated carbocycles. The van der Waals surface area contributed by atoms with Crippen molar-refractivity contribution in [2.75, 3.05) is 18.4 Å². The van der Waals surface area contributed by atoms with Gasteiger partial charge in [0, 0.05) is 55.8 Å². The van der Waals surface area contributed by atoms with Crippen LogP contribution in [0.25, 0.3) is 11.4 Å². The zero-order chi connectivity index (χ0) is 20.9. The van der Waals surface area contributed by atoms with Crippen molar-refractivity contribution in [2.24, 2.45) is 0 Å². The van der Waals surface area contributed by atoms with E-state index in [0.717, 1.165) is 30.9 Å². The van der Waals surface area contributed by atoms with E-state index in [4.69, 9.17) is 9.26 Å². The van der Waals surface area contributed by atoms with Gasteiger partial charge >= 0.3 is 0 Å². The van der Waals surface area contributed by atoms with E-state index in [-0.39, 0.29) is 24.5 Å². The number of hydrogen-bond donors (Lipinski definition) is 1. The number of nitrogens with zero attached hydrogens (tertiary/aromatic N) is 5. The zero-order valence-corrected chi connectivity index (χ0v) is 17.8. The van der Waals surface area contributed by atoms with Gasteiger partial charge in [0.2, 0.25) is 17.6 Å². The van der Waals surface area contributed by atoms with Crippen LogP contribution in [0.15, 0.2) is 34.4 Å². The Morgan fingerprint density at radius 2 is 2.13 bits per heavy atom. The third-order valence-electron chi connectivity index (χ3n) is 4.63. The number of aromatic nitrogens is 4. The fourth-order valence-corrected chi connectivity index (χ4v) is 4.17. The van der Waals surface area contributed by atoms with Crippen molar-refractivity contribution in [1.29, 1.82) is 0 Å². The molecule has 0 radical (unpaired) electrons. The molecule has 1 aliphatic rings.